The highest BCUT2D eigenvalue weighted by Gasteiger charge is 2.58. The van der Waals surface area contributed by atoms with Gasteiger partial charge in [0.2, 0.25) is 11.8 Å². The van der Waals surface area contributed by atoms with Crippen molar-refractivity contribution in [1.29, 1.82) is 0 Å². The fourth-order valence-corrected chi connectivity index (χ4v) is 7.36. The number of aldehydes is 1. The Balaban J connectivity index is 1.42. The van der Waals surface area contributed by atoms with Crippen LogP contribution in [0.2, 0.25) is 0 Å². The minimum Gasteiger partial charge on any atom is -0.497 e. The molecule has 0 radical (unpaired) electrons. The van der Waals surface area contributed by atoms with E-state index in [0.29, 0.717) is 43.2 Å². The molecule has 45 heavy (non-hydrogen) atoms. The molecular formula is C33H42F2N4O6. The van der Waals surface area contributed by atoms with Gasteiger partial charge in [-0.1, -0.05) is 27.7 Å². The first kappa shape index (κ1) is 31.4. The number of alkyl carbamates (subject to hydrolysis) is 1. The number of amides is 2. The molecule has 3 heterocycles. The molecule has 0 spiro atoms. The van der Waals surface area contributed by atoms with Crippen molar-refractivity contribution in [3.8, 4) is 11.6 Å². The maximum absolute atomic E-state index is 16.4. The van der Waals surface area contributed by atoms with Gasteiger partial charge in [0.1, 0.15) is 30.3 Å². The van der Waals surface area contributed by atoms with E-state index >= 15 is 8.78 Å². The van der Waals surface area contributed by atoms with Gasteiger partial charge in [0.25, 0.3) is 5.92 Å². The maximum atomic E-state index is 16.4. The quantitative estimate of drug-likeness (QED) is 0.448. The minimum atomic E-state index is -3.32. The molecule has 1 saturated heterocycles. The molecular weight excluding hydrogens is 586 g/mol. The zero-order valence-corrected chi connectivity index (χ0v) is 26.4. The van der Waals surface area contributed by atoms with Gasteiger partial charge in [-0.3, -0.25) is 4.79 Å². The lowest BCUT2D eigenvalue weighted by Crippen LogP contribution is -2.56. The van der Waals surface area contributed by atoms with E-state index in [9.17, 15) is 14.4 Å². The summed E-state index contributed by atoms with van der Waals surface area (Å²) in [5.41, 5.74) is -0.642. The standard InChI is InChI=1S/C33H42F2N4O6/c1-17-24(16-40)39-15-26(17)44-29-27(36-22-12-11-20(43-5)14-23(22)37-29)33(34,35)21-13-19(21)10-9-18-7-6-8-25(18)45-31(42)38-28(30(39)41)32(2,3)4/h11-12,14,16-19,21,24-26,28H,6-10,13,15H2,1-5H3,(H,38,42)/t17-,18-,19?,21?,24+,25+,26-,28+/m0/s1. The molecule has 10 nitrogen and oxygen atoms in total. The molecule has 4 aliphatic rings. The molecule has 2 bridgehead atoms. The van der Waals surface area contributed by atoms with E-state index < -0.39 is 59.1 Å². The van der Waals surface area contributed by atoms with Crippen LogP contribution in [0, 0.1) is 29.1 Å². The second kappa shape index (κ2) is 11.7. The van der Waals surface area contributed by atoms with Crippen LogP contribution in [0.5, 0.6) is 11.6 Å². The molecule has 1 N–H and O–H groups in total. The van der Waals surface area contributed by atoms with Gasteiger partial charge in [0.15, 0.2) is 5.69 Å². The number of benzene rings is 1. The van der Waals surface area contributed by atoms with Gasteiger partial charge >= 0.3 is 6.09 Å². The number of hydrogen-bond donors (Lipinski definition) is 1. The fourth-order valence-electron chi connectivity index (χ4n) is 7.36. The number of nitrogens with one attached hydrogen (secondary N) is 1. The van der Waals surface area contributed by atoms with Crippen molar-refractivity contribution < 1.29 is 37.4 Å². The molecule has 3 fully saturated rings. The Morgan fingerprint density at radius 3 is 2.51 bits per heavy atom. The second-order valence-electron chi connectivity index (χ2n) is 14.2. The number of halogens is 2. The van der Waals surface area contributed by atoms with E-state index in [1.165, 1.54) is 12.0 Å². The number of carbonyl (C=O) groups excluding carboxylic acids is 3. The number of nitrogens with zero attached hydrogens (tertiary/aromatic N) is 3. The lowest BCUT2D eigenvalue weighted by molar-refractivity contribution is -0.139. The Hall–Kier alpha value is -3.57. The Kier molecular flexibility index (Phi) is 8.14. The fraction of sp³-hybridized carbons (Fsp3) is 0.667. The van der Waals surface area contributed by atoms with Gasteiger partial charge in [-0.05, 0) is 67.9 Å². The van der Waals surface area contributed by atoms with Gasteiger partial charge in [0, 0.05) is 17.9 Å². The third-order valence-corrected chi connectivity index (χ3v) is 10.2. The summed E-state index contributed by atoms with van der Waals surface area (Å²) < 4.78 is 50.2. The number of alkyl halides is 2. The molecule has 2 saturated carbocycles. The summed E-state index contributed by atoms with van der Waals surface area (Å²) in [5, 5.41) is 2.80. The summed E-state index contributed by atoms with van der Waals surface area (Å²) in [7, 11) is 1.50. The summed E-state index contributed by atoms with van der Waals surface area (Å²) in [6.45, 7) is 7.14. The zero-order valence-electron chi connectivity index (χ0n) is 26.4. The molecule has 2 amide bonds. The highest BCUT2D eigenvalue weighted by molar-refractivity contribution is 5.89. The van der Waals surface area contributed by atoms with Gasteiger partial charge in [-0.2, -0.15) is 8.78 Å². The summed E-state index contributed by atoms with van der Waals surface area (Å²) in [4.78, 5) is 49.9. The predicted molar refractivity (Wildman–Crippen MR) is 160 cm³/mol. The Bertz CT molecular complexity index is 1480. The van der Waals surface area contributed by atoms with Crippen LogP contribution >= 0.6 is 0 Å². The van der Waals surface area contributed by atoms with E-state index in [-0.39, 0.29) is 35.9 Å². The molecule has 1 aromatic heterocycles. The molecule has 1 aromatic carbocycles. The number of fused-ring (bicyclic) bond motifs is 6. The monoisotopic (exact) mass is 628 g/mol. The molecule has 8 atom stereocenters. The van der Waals surface area contributed by atoms with Crippen molar-refractivity contribution >= 4 is 29.3 Å². The van der Waals surface area contributed by atoms with Crippen molar-refractivity contribution in [1.82, 2.24) is 20.2 Å². The highest BCUT2D eigenvalue weighted by atomic mass is 19.3. The van der Waals surface area contributed by atoms with Crippen LogP contribution in [-0.2, 0) is 20.2 Å². The van der Waals surface area contributed by atoms with Gasteiger partial charge in [-0.25, -0.2) is 14.8 Å². The molecule has 12 heteroatoms. The zero-order chi connectivity index (χ0) is 32.3. The average Bonchev–Trinajstić information content (AvgIpc) is 3.56. The molecule has 6 rings (SSSR count). The third kappa shape index (κ3) is 5.92. The van der Waals surface area contributed by atoms with Gasteiger partial charge in [0.05, 0.1) is 30.7 Å². The lowest BCUT2D eigenvalue weighted by Gasteiger charge is -2.35. The van der Waals surface area contributed by atoms with E-state index in [2.05, 4.69) is 15.3 Å². The Morgan fingerprint density at radius 1 is 1.04 bits per heavy atom. The van der Waals surface area contributed by atoms with Crippen LogP contribution in [0.1, 0.15) is 71.9 Å². The van der Waals surface area contributed by atoms with Crippen molar-refractivity contribution in [2.75, 3.05) is 13.7 Å². The molecule has 2 aromatic rings. The maximum Gasteiger partial charge on any atom is 0.408 e. The third-order valence-electron chi connectivity index (χ3n) is 10.2. The van der Waals surface area contributed by atoms with Gasteiger partial charge in [-0.15, -0.1) is 0 Å². The number of ether oxygens (including phenoxy) is 3. The first-order chi connectivity index (χ1) is 21.3. The molecule has 2 unspecified atom stereocenters. The molecule has 2 aliphatic carbocycles. The first-order valence-electron chi connectivity index (χ1n) is 16.0. The summed E-state index contributed by atoms with van der Waals surface area (Å²) in [5.74, 6) is -5.26. The predicted octanol–water partition coefficient (Wildman–Crippen LogP) is 5.26. The van der Waals surface area contributed by atoms with Crippen molar-refractivity contribution in [2.45, 2.75) is 96.4 Å². The van der Waals surface area contributed by atoms with Crippen molar-refractivity contribution in [3.05, 3.63) is 23.9 Å². The summed E-state index contributed by atoms with van der Waals surface area (Å²) in [6.07, 6.45) is 2.79. The molecule has 2 aliphatic heterocycles. The number of rotatable bonds is 2. The topological polar surface area (TPSA) is 120 Å². The van der Waals surface area contributed by atoms with E-state index in [1.54, 1.807) is 25.1 Å². The second-order valence-corrected chi connectivity index (χ2v) is 14.2. The minimum absolute atomic E-state index is 0.0577. The lowest BCUT2D eigenvalue weighted by atomic mass is 9.85. The Labute approximate surface area is 261 Å². The van der Waals surface area contributed by atoms with E-state index in [1.807, 2.05) is 20.8 Å². The first-order valence-corrected chi connectivity index (χ1v) is 16.0. The van der Waals surface area contributed by atoms with Crippen LogP contribution in [0.3, 0.4) is 0 Å². The summed E-state index contributed by atoms with van der Waals surface area (Å²) in [6, 6.07) is 2.93. The largest absolute Gasteiger partial charge is 0.497 e. The Morgan fingerprint density at radius 2 is 1.80 bits per heavy atom. The van der Waals surface area contributed by atoms with Crippen LogP contribution in [-0.4, -0.2) is 71.1 Å². The number of aromatic nitrogens is 2. The number of hydrogen-bond acceptors (Lipinski definition) is 8. The van der Waals surface area contributed by atoms with E-state index in [4.69, 9.17) is 14.2 Å². The average molecular weight is 629 g/mol. The smallest absolute Gasteiger partial charge is 0.408 e. The van der Waals surface area contributed by atoms with Crippen LogP contribution in [0.15, 0.2) is 18.2 Å². The van der Waals surface area contributed by atoms with Crippen LogP contribution in [0.4, 0.5) is 13.6 Å². The van der Waals surface area contributed by atoms with Crippen LogP contribution < -0.4 is 14.8 Å². The molecule has 244 valence electrons. The number of carbonyl (C=O) groups is 3. The highest BCUT2D eigenvalue weighted by Crippen LogP contribution is 2.58. The van der Waals surface area contributed by atoms with Crippen LogP contribution in [0.25, 0.3) is 11.0 Å². The van der Waals surface area contributed by atoms with E-state index in [0.717, 1.165) is 12.8 Å². The van der Waals surface area contributed by atoms with Gasteiger partial charge < -0.3 is 29.2 Å². The summed E-state index contributed by atoms with van der Waals surface area (Å²) >= 11 is 0. The SMILES string of the molecule is COc1ccc2nc3c(nc2c1)O[C@H]1CN(C(=O)[C@H](C(C)(C)C)NC(=O)O[C@@H]2CCC[C@H]2CCC2CC2C3(F)F)[C@H](C=O)[C@@H]1C. The van der Waals surface area contributed by atoms with Crippen molar-refractivity contribution in [2.24, 2.45) is 29.1 Å². The number of methoxy groups -OCH3 is 1. The normalized spacial score (nSPS) is 33.4. The van der Waals surface area contributed by atoms with Crippen molar-refractivity contribution in [3.63, 3.8) is 0 Å².